The summed E-state index contributed by atoms with van der Waals surface area (Å²) < 4.78 is 0. The van der Waals surface area contributed by atoms with Crippen molar-refractivity contribution >= 4 is 5.91 Å². The predicted octanol–water partition coefficient (Wildman–Crippen LogP) is 0.186. The number of piperidine rings is 1. The number of aromatic amines is 1. The van der Waals surface area contributed by atoms with Crippen molar-refractivity contribution in [3.63, 3.8) is 0 Å². The largest absolute Gasteiger partial charge is 0.337 e. The average Bonchev–Trinajstić information content (AvgIpc) is 2.38. The Morgan fingerprint density at radius 2 is 2.35 bits per heavy atom. The molecular formula is C12H17N3O2. The number of carbonyl (C=O) groups is 1. The summed E-state index contributed by atoms with van der Waals surface area (Å²) in [6.45, 7) is 2.04. The molecule has 1 aliphatic heterocycles. The Bertz CT molecular complexity index is 455. The van der Waals surface area contributed by atoms with Gasteiger partial charge < -0.3 is 15.6 Å². The van der Waals surface area contributed by atoms with Gasteiger partial charge in [0.15, 0.2) is 0 Å². The minimum atomic E-state index is -0.247. The van der Waals surface area contributed by atoms with Crippen LogP contribution in [0.5, 0.6) is 0 Å². The van der Waals surface area contributed by atoms with Gasteiger partial charge in [0.1, 0.15) is 5.69 Å². The van der Waals surface area contributed by atoms with Gasteiger partial charge in [-0.2, -0.15) is 0 Å². The smallest absolute Gasteiger partial charge is 0.270 e. The van der Waals surface area contributed by atoms with Gasteiger partial charge in [-0.05, 0) is 31.4 Å². The Kier molecular flexibility index (Phi) is 3.58. The summed E-state index contributed by atoms with van der Waals surface area (Å²) in [6.07, 6.45) is 2.05. The molecule has 0 bridgehead atoms. The van der Waals surface area contributed by atoms with Gasteiger partial charge in [-0.3, -0.25) is 9.59 Å². The van der Waals surface area contributed by atoms with E-state index in [1.54, 1.807) is 17.0 Å². The summed E-state index contributed by atoms with van der Waals surface area (Å²) in [5.41, 5.74) is 5.74. The molecule has 5 nitrogen and oxygen atoms in total. The van der Waals surface area contributed by atoms with Crippen LogP contribution >= 0.6 is 0 Å². The maximum absolute atomic E-state index is 12.1. The molecule has 5 heteroatoms. The molecule has 1 aromatic rings. The molecule has 92 valence electrons. The minimum Gasteiger partial charge on any atom is -0.337 e. The molecule has 1 saturated heterocycles. The average molecular weight is 235 g/mol. The minimum absolute atomic E-state index is 0.110. The number of H-pyrrole nitrogens is 1. The quantitative estimate of drug-likeness (QED) is 0.767. The third-order valence-electron chi connectivity index (χ3n) is 3.14. The number of rotatable bonds is 2. The van der Waals surface area contributed by atoms with Gasteiger partial charge >= 0.3 is 0 Å². The molecule has 1 aliphatic rings. The van der Waals surface area contributed by atoms with Crippen LogP contribution < -0.4 is 11.3 Å². The van der Waals surface area contributed by atoms with Crippen molar-refractivity contribution in [3.8, 4) is 0 Å². The van der Waals surface area contributed by atoms with Crippen LogP contribution in [-0.2, 0) is 0 Å². The highest BCUT2D eigenvalue weighted by molar-refractivity contribution is 5.92. The Balaban J connectivity index is 2.12. The van der Waals surface area contributed by atoms with Gasteiger partial charge in [0, 0.05) is 19.2 Å². The number of nitrogens with zero attached hydrogens (tertiary/aromatic N) is 1. The number of hydrogen-bond donors (Lipinski definition) is 2. The molecule has 17 heavy (non-hydrogen) atoms. The first-order chi connectivity index (χ1) is 8.20. The van der Waals surface area contributed by atoms with Crippen molar-refractivity contribution in [3.05, 3.63) is 34.2 Å². The number of pyridine rings is 1. The van der Waals surface area contributed by atoms with Crippen LogP contribution in [0.1, 0.15) is 23.3 Å². The van der Waals surface area contributed by atoms with E-state index in [0.717, 1.165) is 19.4 Å². The number of aromatic nitrogens is 1. The van der Waals surface area contributed by atoms with Crippen LogP contribution in [-0.4, -0.2) is 35.4 Å². The summed E-state index contributed by atoms with van der Waals surface area (Å²) >= 11 is 0. The maximum atomic E-state index is 12.1. The van der Waals surface area contributed by atoms with Crippen LogP contribution in [0.25, 0.3) is 0 Å². The van der Waals surface area contributed by atoms with E-state index >= 15 is 0 Å². The van der Waals surface area contributed by atoms with E-state index in [9.17, 15) is 9.59 Å². The van der Waals surface area contributed by atoms with Crippen LogP contribution in [0.3, 0.4) is 0 Å². The number of nitrogens with one attached hydrogen (secondary N) is 1. The van der Waals surface area contributed by atoms with Gasteiger partial charge in [0.2, 0.25) is 5.56 Å². The first-order valence-electron chi connectivity index (χ1n) is 5.89. The lowest BCUT2D eigenvalue weighted by molar-refractivity contribution is 0.0672. The van der Waals surface area contributed by atoms with Crippen molar-refractivity contribution < 1.29 is 4.79 Å². The van der Waals surface area contributed by atoms with E-state index in [0.29, 0.717) is 24.7 Å². The van der Waals surface area contributed by atoms with Gasteiger partial charge in [-0.15, -0.1) is 0 Å². The molecule has 0 aromatic carbocycles. The fourth-order valence-corrected chi connectivity index (χ4v) is 2.18. The second kappa shape index (κ2) is 5.14. The number of amides is 1. The Hall–Kier alpha value is -1.62. The fraction of sp³-hybridized carbons (Fsp3) is 0.500. The fourth-order valence-electron chi connectivity index (χ4n) is 2.18. The van der Waals surface area contributed by atoms with E-state index in [2.05, 4.69) is 4.98 Å². The number of nitrogens with two attached hydrogens (primary N) is 1. The maximum Gasteiger partial charge on any atom is 0.270 e. The van der Waals surface area contributed by atoms with Gasteiger partial charge in [-0.1, -0.05) is 6.07 Å². The normalized spacial score (nSPS) is 20.3. The third-order valence-corrected chi connectivity index (χ3v) is 3.14. The lowest BCUT2D eigenvalue weighted by Gasteiger charge is -2.32. The molecule has 1 fully saturated rings. The molecule has 0 aliphatic carbocycles. The zero-order valence-corrected chi connectivity index (χ0v) is 9.69. The zero-order chi connectivity index (χ0) is 12.3. The van der Waals surface area contributed by atoms with Gasteiger partial charge in [0.05, 0.1) is 0 Å². The molecule has 1 amide bonds. The monoisotopic (exact) mass is 235 g/mol. The van der Waals surface area contributed by atoms with E-state index in [1.807, 2.05) is 0 Å². The summed E-state index contributed by atoms with van der Waals surface area (Å²) in [5.74, 6) is 0.268. The van der Waals surface area contributed by atoms with Crippen LogP contribution in [0.4, 0.5) is 0 Å². The zero-order valence-electron chi connectivity index (χ0n) is 9.69. The standard InChI is InChI=1S/C12H17N3O2/c13-7-9-3-2-6-15(8-9)12(17)10-4-1-5-11(16)14-10/h1,4-5,9H,2-3,6-8,13H2,(H,14,16). The van der Waals surface area contributed by atoms with Crippen molar-refractivity contribution in [2.24, 2.45) is 11.7 Å². The summed E-state index contributed by atoms with van der Waals surface area (Å²) in [4.78, 5) is 27.6. The molecule has 0 spiro atoms. The lowest BCUT2D eigenvalue weighted by Crippen LogP contribution is -2.42. The third kappa shape index (κ3) is 2.74. The van der Waals surface area contributed by atoms with Crippen molar-refractivity contribution in [1.29, 1.82) is 0 Å². The predicted molar refractivity (Wildman–Crippen MR) is 64.7 cm³/mol. The number of hydrogen-bond acceptors (Lipinski definition) is 3. The Morgan fingerprint density at radius 1 is 1.53 bits per heavy atom. The van der Waals surface area contributed by atoms with Crippen LogP contribution in [0.15, 0.2) is 23.0 Å². The highest BCUT2D eigenvalue weighted by Crippen LogP contribution is 2.16. The van der Waals surface area contributed by atoms with E-state index in [4.69, 9.17) is 5.73 Å². The van der Waals surface area contributed by atoms with Gasteiger partial charge in [0.25, 0.3) is 5.91 Å². The molecule has 3 N–H and O–H groups in total. The summed E-state index contributed by atoms with van der Waals surface area (Å²) in [5, 5.41) is 0. The second-order valence-electron chi connectivity index (χ2n) is 4.42. The Morgan fingerprint density at radius 3 is 3.06 bits per heavy atom. The second-order valence-corrected chi connectivity index (χ2v) is 4.42. The lowest BCUT2D eigenvalue weighted by atomic mass is 9.98. The van der Waals surface area contributed by atoms with Crippen molar-refractivity contribution in [1.82, 2.24) is 9.88 Å². The molecule has 0 radical (unpaired) electrons. The number of carbonyl (C=O) groups excluding carboxylic acids is 1. The number of likely N-dealkylation sites (tertiary alicyclic amines) is 1. The Labute approximate surface area is 99.6 Å². The molecule has 1 atom stereocenters. The van der Waals surface area contributed by atoms with Gasteiger partial charge in [-0.25, -0.2) is 0 Å². The van der Waals surface area contributed by atoms with Crippen molar-refractivity contribution in [2.75, 3.05) is 19.6 Å². The molecular weight excluding hydrogens is 218 g/mol. The van der Waals surface area contributed by atoms with E-state index in [-0.39, 0.29) is 11.5 Å². The highest BCUT2D eigenvalue weighted by atomic mass is 16.2. The molecule has 1 aromatic heterocycles. The first-order valence-corrected chi connectivity index (χ1v) is 5.89. The molecule has 2 heterocycles. The van der Waals surface area contributed by atoms with E-state index in [1.165, 1.54) is 6.07 Å². The first kappa shape index (κ1) is 11.9. The molecule has 2 rings (SSSR count). The van der Waals surface area contributed by atoms with Crippen LogP contribution in [0.2, 0.25) is 0 Å². The summed E-state index contributed by atoms with van der Waals surface area (Å²) in [6, 6.07) is 4.63. The van der Waals surface area contributed by atoms with Crippen molar-refractivity contribution in [2.45, 2.75) is 12.8 Å². The van der Waals surface area contributed by atoms with Crippen LogP contribution in [0, 0.1) is 5.92 Å². The topological polar surface area (TPSA) is 79.2 Å². The molecule has 1 unspecified atom stereocenters. The molecule has 0 saturated carbocycles. The SMILES string of the molecule is NCC1CCCN(C(=O)c2cccc(=O)[nH]2)C1. The van der Waals surface area contributed by atoms with E-state index < -0.39 is 0 Å². The summed E-state index contributed by atoms with van der Waals surface area (Å²) in [7, 11) is 0. The highest BCUT2D eigenvalue weighted by Gasteiger charge is 2.23.